The quantitative estimate of drug-likeness (QED) is 0.717. The Kier molecular flexibility index (Phi) is 4.81. The van der Waals surface area contributed by atoms with Gasteiger partial charge in [-0.25, -0.2) is 0 Å². The normalized spacial score (nSPS) is 26.8. The highest BCUT2D eigenvalue weighted by atomic mass is 19.4. The monoisotopic (exact) mass is 236 g/mol. The first-order valence-electron chi connectivity index (χ1n) is 6.04. The van der Waals surface area contributed by atoms with Crippen LogP contribution in [0.25, 0.3) is 0 Å². The zero-order valence-corrected chi connectivity index (χ0v) is 9.65. The first kappa shape index (κ1) is 13.5. The molecule has 0 atom stereocenters. The van der Waals surface area contributed by atoms with Gasteiger partial charge < -0.3 is 0 Å². The number of hydrogen-bond donors (Lipinski definition) is 0. The molecular formula is C12H19F3O. The minimum absolute atomic E-state index is 0.106. The van der Waals surface area contributed by atoms with Crippen LogP contribution in [0.4, 0.5) is 13.2 Å². The average Bonchev–Trinajstić information content (AvgIpc) is 2.25. The second kappa shape index (κ2) is 5.69. The Balaban J connectivity index is 2.34. The van der Waals surface area contributed by atoms with E-state index >= 15 is 0 Å². The summed E-state index contributed by atoms with van der Waals surface area (Å²) in [4.78, 5) is 11.6. The number of carbonyl (C=O) groups excluding carboxylic acids is 1. The van der Waals surface area contributed by atoms with Crippen molar-refractivity contribution in [2.75, 3.05) is 0 Å². The van der Waals surface area contributed by atoms with E-state index in [-0.39, 0.29) is 24.5 Å². The molecule has 0 aromatic heterocycles. The fraction of sp³-hybridized carbons (Fsp3) is 0.917. The van der Waals surface area contributed by atoms with Crippen LogP contribution in [0, 0.1) is 11.8 Å². The highest BCUT2D eigenvalue weighted by Gasteiger charge is 2.42. The van der Waals surface area contributed by atoms with E-state index in [0.29, 0.717) is 19.3 Å². The SMILES string of the molecule is CCCCC(=O)C1CCC(C(F)(F)F)CC1. The standard InChI is InChI=1S/C12H19F3O/c1-2-3-4-11(16)9-5-7-10(8-6-9)12(13,14)15/h9-10H,2-8H2,1H3. The van der Waals surface area contributed by atoms with Gasteiger partial charge in [-0.15, -0.1) is 0 Å². The van der Waals surface area contributed by atoms with Gasteiger partial charge in [0.25, 0.3) is 0 Å². The molecule has 4 heteroatoms. The molecule has 0 amide bonds. The summed E-state index contributed by atoms with van der Waals surface area (Å²) < 4.78 is 37.2. The summed E-state index contributed by atoms with van der Waals surface area (Å²) in [5, 5.41) is 0. The summed E-state index contributed by atoms with van der Waals surface area (Å²) in [6, 6.07) is 0. The van der Waals surface area contributed by atoms with Gasteiger partial charge in [-0.05, 0) is 32.1 Å². The van der Waals surface area contributed by atoms with Gasteiger partial charge in [0.1, 0.15) is 5.78 Å². The molecule has 0 aromatic rings. The molecule has 16 heavy (non-hydrogen) atoms. The van der Waals surface area contributed by atoms with Gasteiger partial charge in [-0.2, -0.15) is 13.2 Å². The summed E-state index contributed by atoms with van der Waals surface area (Å²) in [7, 11) is 0. The van der Waals surface area contributed by atoms with Crippen LogP contribution in [0.3, 0.4) is 0 Å². The van der Waals surface area contributed by atoms with Crippen LogP contribution in [-0.4, -0.2) is 12.0 Å². The predicted octanol–water partition coefficient (Wildman–Crippen LogP) is 4.11. The van der Waals surface area contributed by atoms with Gasteiger partial charge in [0.15, 0.2) is 0 Å². The fourth-order valence-electron chi connectivity index (χ4n) is 2.30. The lowest BCUT2D eigenvalue weighted by atomic mass is 9.79. The van der Waals surface area contributed by atoms with Crippen molar-refractivity contribution in [2.24, 2.45) is 11.8 Å². The molecule has 1 fully saturated rings. The lowest BCUT2D eigenvalue weighted by molar-refractivity contribution is -0.184. The summed E-state index contributed by atoms with van der Waals surface area (Å²) in [5.41, 5.74) is 0. The Morgan fingerprint density at radius 3 is 2.19 bits per heavy atom. The van der Waals surface area contributed by atoms with Gasteiger partial charge in [-0.1, -0.05) is 13.3 Å². The second-order valence-electron chi connectivity index (χ2n) is 4.66. The zero-order valence-electron chi connectivity index (χ0n) is 9.65. The van der Waals surface area contributed by atoms with E-state index in [1.165, 1.54) is 0 Å². The summed E-state index contributed by atoms with van der Waals surface area (Å²) in [5.74, 6) is -1.12. The predicted molar refractivity (Wildman–Crippen MR) is 56.0 cm³/mol. The molecule has 1 aliphatic rings. The maximum Gasteiger partial charge on any atom is 0.391 e. The van der Waals surface area contributed by atoms with Crippen LogP contribution in [0.2, 0.25) is 0 Å². The van der Waals surface area contributed by atoms with E-state index in [1.807, 2.05) is 6.92 Å². The highest BCUT2D eigenvalue weighted by molar-refractivity contribution is 5.81. The lowest BCUT2D eigenvalue weighted by Crippen LogP contribution is -2.30. The molecular weight excluding hydrogens is 217 g/mol. The van der Waals surface area contributed by atoms with Crippen molar-refractivity contribution in [3.8, 4) is 0 Å². The van der Waals surface area contributed by atoms with Crippen molar-refractivity contribution < 1.29 is 18.0 Å². The number of hydrogen-bond acceptors (Lipinski definition) is 1. The van der Waals surface area contributed by atoms with E-state index in [0.717, 1.165) is 12.8 Å². The Labute approximate surface area is 94.4 Å². The van der Waals surface area contributed by atoms with Crippen LogP contribution < -0.4 is 0 Å². The Morgan fingerprint density at radius 2 is 1.75 bits per heavy atom. The Hall–Kier alpha value is -0.540. The Bertz CT molecular complexity index is 227. The van der Waals surface area contributed by atoms with E-state index < -0.39 is 12.1 Å². The number of halogens is 3. The molecule has 0 bridgehead atoms. The minimum Gasteiger partial charge on any atom is -0.299 e. The third-order valence-electron chi connectivity index (χ3n) is 3.42. The minimum atomic E-state index is -4.07. The molecule has 0 N–H and O–H groups in total. The van der Waals surface area contributed by atoms with E-state index in [9.17, 15) is 18.0 Å². The van der Waals surface area contributed by atoms with Crippen molar-refractivity contribution >= 4 is 5.78 Å². The molecule has 1 aliphatic carbocycles. The number of rotatable bonds is 4. The molecule has 94 valence electrons. The fourth-order valence-corrected chi connectivity index (χ4v) is 2.30. The number of ketones is 1. The van der Waals surface area contributed by atoms with Gasteiger partial charge in [0.05, 0.1) is 5.92 Å². The van der Waals surface area contributed by atoms with Crippen molar-refractivity contribution in [2.45, 2.75) is 58.0 Å². The maximum absolute atomic E-state index is 12.4. The van der Waals surface area contributed by atoms with E-state index in [2.05, 4.69) is 0 Å². The zero-order chi connectivity index (χ0) is 12.2. The van der Waals surface area contributed by atoms with Gasteiger partial charge >= 0.3 is 6.18 Å². The van der Waals surface area contributed by atoms with Gasteiger partial charge in [0, 0.05) is 12.3 Å². The summed E-state index contributed by atoms with van der Waals surface area (Å²) >= 11 is 0. The van der Waals surface area contributed by atoms with Crippen molar-refractivity contribution in [3.63, 3.8) is 0 Å². The Morgan fingerprint density at radius 1 is 1.19 bits per heavy atom. The van der Waals surface area contributed by atoms with Crippen LogP contribution in [0.15, 0.2) is 0 Å². The molecule has 0 saturated heterocycles. The molecule has 0 heterocycles. The smallest absolute Gasteiger partial charge is 0.299 e. The topological polar surface area (TPSA) is 17.1 Å². The first-order chi connectivity index (χ1) is 7.45. The first-order valence-corrected chi connectivity index (χ1v) is 6.04. The second-order valence-corrected chi connectivity index (χ2v) is 4.66. The summed E-state index contributed by atoms with van der Waals surface area (Å²) in [6.45, 7) is 2.01. The van der Waals surface area contributed by atoms with Crippen LogP contribution in [0.5, 0.6) is 0 Å². The van der Waals surface area contributed by atoms with Crippen molar-refractivity contribution in [3.05, 3.63) is 0 Å². The van der Waals surface area contributed by atoms with Crippen molar-refractivity contribution in [1.29, 1.82) is 0 Å². The number of alkyl halides is 3. The number of unbranched alkanes of at least 4 members (excludes halogenated alkanes) is 1. The molecule has 0 unspecified atom stereocenters. The van der Waals surface area contributed by atoms with Crippen LogP contribution in [0.1, 0.15) is 51.9 Å². The number of Topliss-reactive ketones (excluding diaryl/α,β-unsaturated/α-hetero) is 1. The largest absolute Gasteiger partial charge is 0.391 e. The molecule has 0 aromatic carbocycles. The van der Waals surface area contributed by atoms with Gasteiger partial charge in [-0.3, -0.25) is 4.79 Å². The lowest BCUT2D eigenvalue weighted by Gasteiger charge is -2.29. The summed E-state index contributed by atoms with van der Waals surface area (Å²) in [6.07, 6.45) is -0.603. The molecule has 0 spiro atoms. The highest BCUT2D eigenvalue weighted by Crippen LogP contribution is 2.39. The average molecular weight is 236 g/mol. The van der Waals surface area contributed by atoms with E-state index in [1.54, 1.807) is 0 Å². The van der Waals surface area contributed by atoms with Crippen molar-refractivity contribution in [1.82, 2.24) is 0 Å². The maximum atomic E-state index is 12.4. The molecule has 1 rings (SSSR count). The third-order valence-corrected chi connectivity index (χ3v) is 3.42. The molecule has 1 nitrogen and oxygen atoms in total. The third kappa shape index (κ3) is 3.80. The molecule has 0 aliphatic heterocycles. The van der Waals surface area contributed by atoms with Gasteiger partial charge in [0.2, 0.25) is 0 Å². The number of carbonyl (C=O) groups is 1. The molecule has 0 radical (unpaired) electrons. The van der Waals surface area contributed by atoms with E-state index in [4.69, 9.17) is 0 Å². The molecule has 1 saturated carbocycles. The van der Waals surface area contributed by atoms with Crippen LogP contribution in [-0.2, 0) is 4.79 Å². The van der Waals surface area contributed by atoms with Crippen LogP contribution >= 0.6 is 0 Å².